The number of anilines is 1. The van der Waals surface area contributed by atoms with E-state index in [1.54, 1.807) is 12.1 Å². The number of alkyl halides is 2. The van der Waals surface area contributed by atoms with Gasteiger partial charge in [-0.15, -0.1) is 0 Å². The highest BCUT2D eigenvalue weighted by Gasteiger charge is 2.37. The Morgan fingerprint density at radius 2 is 1.81 bits per heavy atom. The second-order valence-corrected chi connectivity index (χ2v) is 6.73. The molecule has 0 unspecified atom stereocenters. The minimum atomic E-state index is -2.85. The van der Waals surface area contributed by atoms with Crippen LogP contribution in [0.25, 0.3) is 0 Å². The topological polar surface area (TPSA) is 93.5 Å². The zero-order valence-electron chi connectivity index (χ0n) is 15.2. The number of carbonyl (C=O) groups excluding carboxylic acids is 2. The fourth-order valence-electron chi connectivity index (χ4n) is 3.29. The van der Waals surface area contributed by atoms with Crippen molar-refractivity contribution in [3.05, 3.63) is 30.7 Å². The van der Waals surface area contributed by atoms with E-state index in [9.17, 15) is 18.4 Å². The van der Waals surface area contributed by atoms with Gasteiger partial charge >= 0.3 is 6.61 Å². The Morgan fingerprint density at radius 3 is 2.41 bits per heavy atom. The molecule has 1 aromatic rings. The molecular weight excluding hydrogens is 356 g/mol. The molecule has 0 heterocycles. The lowest BCUT2D eigenvalue weighted by Crippen LogP contribution is -2.40. The molecule has 0 bridgehead atoms. The summed E-state index contributed by atoms with van der Waals surface area (Å²) in [4.78, 5) is 23.8. The van der Waals surface area contributed by atoms with E-state index in [4.69, 9.17) is 5.73 Å². The Morgan fingerprint density at radius 1 is 1.15 bits per heavy atom. The quantitative estimate of drug-likeness (QED) is 0.543. The van der Waals surface area contributed by atoms with Crippen molar-refractivity contribution in [2.75, 3.05) is 18.4 Å². The number of rotatable bonds is 10. The lowest BCUT2D eigenvalue weighted by atomic mass is 9.70. The predicted molar refractivity (Wildman–Crippen MR) is 98.2 cm³/mol. The molecule has 149 valence electrons. The van der Waals surface area contributed by atoms with Gasteiger partial charge in [0, 0.05) is 24.2 Å². The van der Waals surface area contributed by atoms with E-state index in [-0.39, 0.29) is 17.6 Å². The van der Waals surface area contributed by atoms with Gasteiger partial charge in [0.2, 0.25) is 11.8 Å². The van der Waals surface area contributed by atoms with Crippen LogP contribution in [0.1, 0.15) is 38.5 Å². The maximum Gasteiger partial charge on any atom is 0.387 e. The van der Waals surface area contributed by atoms with Crippen molar-refractivity contribution >= 4 is 17.5 Å². The van der Waals surface area contributed by atoms with Gasteiger partial charge in [-0.1, -0.05) is 19.3 Å². The Kier molecular flexibility index (Phi) is 7.82. The summed E-state index contributed by atoms with van der Waals surface area (Å²) in [6, 6.07) is 6.11. The normalized spacial score (nSPS) is 16.0. The van der Waals surface area contributed by atoms with Gasteiger partial charge in [-0.3, -0.25) is 9.59 Å². The van der Waals surface area contributed by atoms with Crippen molar-refractivity contribution in [3.8, 4) is 5.75 Å². The van der Waals surface area contributed by atoms with Crippen LogP contribution in [0.15, 0.2) is 24.3 Å². The molecule has 0 spiro atoms. The van der Waals surface area contributed by atoms with Crippen LogP contribution in [0, 0.1) is 11.8 Å². The molecule has 4 N–H and O–H groups in total. The van der Waals surface area contributed by atoms with Gasteiger partial charge in [-0.25, -0.2) is 0 Å². The predicted octanol–water partition coefficient (Wildman–Crippen LogP) is 2.85. The van der Waals surface area contributed by atoms with Crippen molar-refractivity contribution in [2.45, 2.75) is 45.1 Å². The number of nitrogens with two attached hydrogens (primary N) is 1. The summed E-state index contributed by atoms with van der Waals surface area (Å²) in [7, 11) is 0. The molecule has 8 heteroatoms. The summed E-state index contributed by atoms with van der Waals surface area (Å²) in [5, 5.41) is 5.82. The molecule has 2 amide bonds. The first-order valence-electron chi connectivity index (χ1n) is 9.11. The summed E-state index contributed by atoms with van der Waals surface area (Å²) in [6.07, 6.45) is 6.37. The Labute approximate surface area is 157 Å². The van der Waals surface area contributed by atoms with E-state index in [0.29, 0.717) is 19.5 Å². The van der Waals surface area contributed by atoms with Crippen LogP contribution in [0.3, 0.4) is 0 Å². The van der Waals surface area contributed by atoms with Crippen molar-refractivity contribution in [1.82, 2.24) is 5.32 Å². The van der Waals surface area contributed by atoms with E-state index in [1.807, 2.05) is 0 Å². The Hall–Kier alpha value is -2.38. The Bertz CT molecular complexity index is 617. The van der Waals surface area contributed by atoms with Gasteiger partial charge < -0.3 is 21.1 Å². The first-order valence-corrected chi connectivity index (χ1v) is 9.11. The fraction of sp³-hybridized carbons (Fsp3) is 0.526. The second kappa shape index (κ2) is 10.1. The summed E-state index contributed by atoms with van der Waals surface area (Å²) < 4.78 is 28.4. The van der Waals surface area contributed by atoms with E-state index in [0.717, 1.165) is 37.8 Å². The van der Waals surface area contributed by atoms with Crippen molar-refractivity contribution in [2.24, 2.45) is 11.1 Å². The lowest BCUT2D eigenvalue weighted by Gasteiger charge is -2.34. The minimum Gasteiger partial charge on any atom is -0.435 e. The number of nitrogens with one attached hydrogen (secondary N) is 2. The third kappa shape index (κ3) is 6.69. The highest BCUT2D eigenvalue weighted by atomic mass is 19.3. The number of ether oxygens (including phenoxy) is 1. The van der Waals surface area contributed by atoms with Crippen molar-refractivity contribution < 1.29 is 23.1 Å². The summed E-state index contributed by atoms with van der Waals surface area (Å²) in [6.45, 7) is -2.00. The molecular formula is C19H26F2N3O3. The van der Waals surface area contributed by atoms with Gasteiger partial charge in [0.15, 0.2) is 0 Å². The number of benzene rings is 1. The number of amides is 2. The summed E-state index contributed by atoms with van der Waals surface area (Å²) in [5.74, 6) is -0.472. The minimum absolute atomic E-state index is 0.0875. The zero-order valence-corrected chi connectivity index (χ0v) is 15.2. The first kappa shape index (κ1) is 20.9. The van der Waals surface area contributed by atoms with Gasteiger partial charge in [-0.05, 0) is 43.5 Å². The van der Waals surface area contributed by atoms with Crippen molar-refractivity contribution in [1.29, 1.82) is 0 Å². The largest absolute Gasteiger partial charge is 0.435 e. The Balaban J connectivity index is 1.66. The molecule has 1 radical (unpaired) electrons. The van der Waals surface area contributed by atoms with Crippen LogP contribution in [-0.4, -0.2) is 31.5 Å². The summed E-state index contributed by atoms with van der Waals surface area (Å²) >= 11 is 0. The molecule has 1 aromatic carbocycles. The maximum atomic E-state index is 12.1. The summed E-state index contributed by atoms with van der Waals surface area (Å²) in [5.41, 5.74) is 5.70. The molecule has 0 aromatic heterocycles. The van der Waals surface area contributed by atoms with Gasteiger partial charge in [-0.2, -0.15) is 8.78 Å². The SMILES string of the molecule is NC(=O)C1(C[CH]C(=O)NCCNc2ccc(OC(F)F)cc2)CCCCC1. The number of hydrogen-bond donors (Lipinski definition) is 3. The van der Waals surface area contributed by atoms with Crippen LogP contribution in [-0.2, 0) is 9.59 Å². The molecule has 27 heavy (non-hydrogen) atoms. The third-order valence-electron chi connectivity index (χ3n) is 4.84. The molecule has 1 aliphatic rings. The molecule has 6 nitrogen and oxygen atoms in total. The molecule has 1 saturated carbocycles. The molecule has 0 saturated heterocycles. The smallest absolute Gasteiger partial charge is 0.387 e. The maximum absolute atomic E-state index is 12.1. The van der Waals surface area contributed by atoms with Crippen LogP contribution in [0.4, 0.5) is 14.5 Å². The average Bonchev–Trinajstić information content (AvgIpc) is 2.65. The van der Waals surface area contributed by atoms with Crippen LogP contribution >= 0.6 is 0 Å². The fourth-order valence-corrected chi connectivity index (χ4v) is 3.29. The monoisotopic (exact) mass is 382 g/mol. The molecule has 1 aliphatic carbocycles. The molecule has 0 aliphatic heterocycles. The number of primary amides is 1. The van der Waals surface area contributed by atoms with Gasteiger partial charge in [0.1, 0.15) is 5.75 Å². The molecule has 0 atom stereocenters. The van der Waals surface area contributed by atoms with Crippen LogP contribution in [0.2, 0.25) is 0 Å². The zero-order chi connectivity index (χ0) is 19.7. The highest BCUT2D eigenvalue weighted by molar-refractivity contribution is 5.87. The van der Waals surface area contributed by atoms with E-state index < -0.39 is 12.0 Å². The van der Waals surface area contributed by atoms with E-state index in [2.05, 4.69) is 15.4 Å². The van der Waals surface area contributed by atoms with E-state index in [1.165, 1.54) is 18.6 Å². The number of halogens is 2. The standard InChI is InChI=1S/C19H26F2N3O3/c20-18(21)27-15-6-4-14(5-7-15)23-12-13-24-16(25)8-11-19(17(22)26)9-2-1-3-10-19/h4-8,18,23H,1-3,9-13H2,(H2,22,26)(H,24,25). The van der Waals surface area contributed by atoms with Crippen LogP contribution in [0.5, 0.6) is 5.75 Å². The third-order valence-corrected chi connectivity index (χ3v) is 4.84. The van der Waals surface area contributed by atoms with Crippen LogP contribution < -0.4 is 21.1 Å². The average molecular weight is 382 g/mol. The van der Waals surface area contributed by atoms with Gasteiger partial charge in [0.05, 0.1) is 6.42 Å². The number of carbonyl (C=O) groups is 2. The molecule has 2 rings (SSSR count). The highest BCUT2D eigenvalue weighted by Crippen LogP contribution is 2.39. The van der Waals surface area contributed by atoms with Gasteiger partial charge in [0.25, 0.3) is 0 Å². The molecule has 1 fully saturated rings. The van der Waals surface area contributed by atoms with Crippen molar-refractivity contribution in [3.63, 3.8) is 0 Å². The second-order valence-electron chi connectivity index (χ2n) is 6.73. The first-order chi connectivity index (χ1) is 12.9. The lowest BCUT2D eigenvalue weighted by molar-refractivity contribution is -0.129. The van der Waals surface area contributed by atoms with E-state index >= 15 is 0 Å². The number of hydrogen-bond acceptors (Lipinski definition) is 4.